The van der Waals surface area contributed by atoms with Crippen LogP contribution in [0.3, 0.4) is 0 Å². The Morgan fingerprint density at radius 3 is 2.75 bits per heavy atom. The number of nitrogens with zero attached hydrogens (tertiary/aromatic N) is 2. The topological polar surface area (TPSA) is 30.4 Å². The highest BCUT2D eigenvalue weighted by molar-refractivity contribution is 6.09. The predicted octanol–water partition coefficient (Wildman–Crippen LogP) is 5.52. The quantitative estimate of drug-likeness (QED) is 0.408. The first-order valence-corrected chi connectivity index (χ1v) is 8.06. The highest BCUT2D eigenvalue weighted by Crippen LogP contribution is 2.35. The van der Waals surface area contributed by atoms with Gasteiger partial charge in [-0.15, -0.1) is 0 Å². The van der Waals surface area contributed by atoms with E-state index in [0.717, 1.165) is 38.7 Å². The zero-order valence-electron chi connectivity index (χ0n) is 13.6. The molecule has 0 unspecified atom stereocenters. The van der Waals surface area contributed by atoms with Crippen molar-refractivity contribution in [3.63, 3.8) is 0 Å². The summed E-state index contributed by atoms with van der Waals surface area (Å²) >= 11 is 0. The molecule has 4 aromatic heterocycles. The molecular formula is C21H16N2O. The third kappa shape index (κ3) is 1.81. The van der Waals surface area contributed by atoms with Crippen molar-refractivity contribution < 1.29 is 4.42 Å². The van der Waals surface area contributed by atoms with Gasteiger partial charge in [-0.2, -0.15) is 0 Å². The van der Waals surface area contributed by atoms with Crippen molar-refractivity contribution in [2.75, 3.05) is 0 Å². The van der Waals surface area contributed by atoms with Crippen LogP contribution >= 0.6 is 0 Å². The SMILES string of the molecule is Cc1cnc(-c2cccc3c2oc2cc4cccn4cc23)cc1C. The van der Waals surface area contributed by atoms with Crippen molar-refractivity contribution >= 4 is 27.5 Å². The summed E-state index contributed by atoms with van der Waals surface area (Å²) in [6, 6.07) is 14.6. The van der Waals surface area contributed by atoms with E-state index in [1.165, 1.54) is 11.1 Å². The van der Waals surface area contributed by atoms with Gasteiger partial charge in [0.25, 0.3) is 0 Å². The number of aryl methyl sites for hydroxylation is 2. The van der Waals surface area contributed by atoms with Crippen LogP contribution in [0.15, 0.2) is 65.5 Å². The minimum Gasteiger partial charge on any atom is -0.455 e. The number of rotatable bonds is 1. The molecule has 0 saturated heterocycles. The molecule has 0 saturated carbocycles. The van der Waals surface area contributed by atoms with Gasteiger partial charge in [-0.25, -0.2) is 0 Å². The maximum atomic E-state index is 6.23. The van der Waals surface area contributed by atoms with Gasteiger partial charge in [-0.3, -0.25) is 4.98 Å². The van der Waals surface area contributed by atoms with Gasteiger partial charge < -0.3 is 8.82 Å². The maximum Gasteiger partial charge on any atom is 0.144 e. The molecule has 3 heteroatoms. The number of furan rings is 1. The Morgan fingerprint density at radius 2 is 1.88 bits per heavy atom. The van der Waals surface area contributed by atoms with Crippen LogP contribution in [0.25, 0.3) is 38.7 Å². The smallest absolute Gasteiger partial charge is 0.144 e. The summed E-state index contributed by atoms with van der Waals surface area (Å²) in [5, 5.41) is 2.25. The van der Waals surface area contributed by atoms with Crippen LogP contribution in [0.2, 0.25) is 0 Å². The molecule has 0 amide bonds. The number of benzene rings is 1. The molecule has 0 radical (unpaired) electrons. The minimum atomic E-state index is 0.900. The Hall–Kier alpha value is -3.07. The lowest BCUT2D eigenvalue weighted by Gasteiger charge is -2.05. The van der Waals surface area contributed by atoms with Crippen LogP contribution in [-0.2, 0) is 0 Å². The number of fused-ring (bicyclic) bond motifs is 4. The molecule has 5 rings (SSSR count). The summed E-state index contributed by atoms with van der Waals surface area (Å²) < 4.78 is 8.36. The van der Waals surface area contributed by atoms with Crippen LogP contribution in [-0.4, -0.2) is 9.38 Å². The largest absolute Gasteiger partial charge is 0.455 e. The Kier molecular flexibility index (Phi) is 2.63. The molecule has 0 N–H and O–H groups in total. The maximum absolute atomic E-state index is 6.23. The van der Waals surface area contributed by atoms with Crippen LogP contribution in [0.5, 0.6) is 0 Å². The van der Waals surface area contributed by atoms with Gasteiger partial charge in [-0.05, 0) is 49.2 Å². The van der Waals surface area contributed by atoms with Gasteiger partial charge >= 0.3 is 0 Å². The summed E-state index contributed by atoms with van der Waals surface area (Å²) in [7, 11) is 0. The summed E-state index contributed by atoms with van der Waals surface area (Å²) in [4.78, 5) is 4.61. The normalized spacial score (nSPS) is 11.8. The molecule has 116 valence electrons. The third-order valence-corrected chi connectivity index (χ3v) is 4.79. The van der Waals surface area contributed by atoms with Crippen molar-refractivity contribution in [2.24, 2.45) is 0 Å². The fraction of sp³-hybridized carbons (Fsp3) is 0.0952. The predicted molar refractivity (Wildman–Crippen MR) is 97.4 cm³/mol. The van der Waals surface area contributed by atoms with Crippen molar-refractivity contribution in [3.8, 4) is 11.3 Å². The number of hydrogen-bond donors (Lipinski definition) is 0. The van der Waals surface area contributed by atoms with Gasteiger partial charge in [0.05, 0.1) is 5.69 Å². The number of para-hydroxylation sites is 1. The van der Waals surface area contributed by atoms with Gasteiger partial charge in [0, 0.05) is 46.5 Å². The van der Waals surface area contributed by atoms with Gasteiger partial charge in [0.15, 0.2) is 0 Å². The van der Waals surface area contributed by atoms with Crippen molar-refractivity contribution in [2.45, 2.75) is 13.8 Å². The monoisotopic (exact) mass is 312 g/mol. The average molecular weight is 312 g/mol. The lowest BCUT2D eigenvalue weighted by Crippen LogP contribution is -1.88. The van der Waals surface area contributed by atoms with E-state index < -0.39 is 0 Å². The Morgan fingerprint density at radius 1 is 0.958 bits per heavy atom. The second kappa shape index (κ2) is 4.71. The van der Waals surface area contributed by atoms with Crippen molar-refractivity contribution in [1.29, 1.82) is 0 Å². The molecule has 4 heterocycles. The van der Waals surface area contributed by atoms with E-state index in [1.807, 2.05) is 12.3 Å². The minimum absolute atomic E-state index is 0.900. The molecule has 5 aromatic rings. The zero-order valence-corrected chi connectivity index (χ0v) is 13.6. The van der Waals surface area contributed by atoms with Gasteiger partial charge in [-0.1, -0.05) is 12.1 Å². The Bertz CT molecular complexity index is 1230. The van der Waals surface area contributed by atoms with Gasteiger partial charge in [0.2, 0.25) is 0 Å². The number of pyridine rings is 2. The van der Waals surface area contributed by atoms with E-state index in [4.69, 9.17) is 4.42 Å². The first kappa shape index (κ1) is 13.4. The van der Waals surface area contributed by atoms with Crippen LogP contribution < -0.4 is 0 Å². The summed E-state index contributed by atoms with van der Waals surface area (Å²) in [6.45, 7) is 4.19. The van der Waals surface area contributed by atoms with Gasteiger partial charge in [0.1, 0.15) is 11.2 Å². The Balaban J connectivity index is 1.86. The first-order chi connectivity index (χ1) is 11.7. The van der Waals surface area contributed by atoms with E-state index in [2.05, 4.69) is 72.0 Å². The molecule has 24 heavy (non-hydrogen) atoms. The number of hydrogen-bond acceptors (Lipinski definition) is 2. The lowest BCUT2D eigenvalue weighted by atomic mass is 10.0. The summed E-state index contributed by atoms with van der Waals surface area (Å²) in [5.41, 5.74) is 7.37. The second-order valence-corrected chi connectivity index (χ2v) is 6.33. The fourth-order valence-electron chi connectivity index (χ4n) is 3.29. The molecule has 0 atom stereocenters. The van der Waals surface area contributed by atoms with Crippen LogP contribution in [0.4, 0.5) is 0 Å². The van der Waals surface area contributed by atoms with E-state index in [1.54, 1.807) is 0 Å². The van der Waals surface area contributed by atoms with Crippen LogP contribution in [0.1, 0.15) is 11.1 Å². The second-order valence-electron chi connectivity index (χ2n) is 6.33. The van der Waals surface area contributed by atoms with E-state index in [0.29, 0.717) is 0 Å². The molecule has 0 spiro atoms. The highest BCUT2D eigenvalue weighted by Gasteiger charge is 2.14. The zero-order chi connectivity index (χ0) is 16.3. The highest BCUT2D eigenvalue weighted by atomic mass is 16.3. The van der Waals surface area contributed by atoms with E-state index in [-0.39, 0.29) is 0 Å². The Labute approximate surface area is 139 Å². The van der Waals surface area contributed by atoms with E-state index >= 15 is 0 Å². The molecule has 3 nitrogen and oxygen atoms in total. The lowest BCUT2D eigenvalue weighted by molar-refractivity contribution is 0.669. The average Bonchev–Trinajstić information content (AvgIpc) is 3.18. The first-order valence-electron chi connectivity index (χ1n) is 8.06. The molecule has 0 bridgehead atoms. The molecule has 0 fully saturated rings. The van der Waals surface area contributed by atoms with E-state index in [9.17, 15) is 0 Å². The summed E-state index contributed by atoms with van der Waals surface area (Å²) in [6.07, 6.45) is 6.12. The van der Waals surface area contributed by atoms with Crippen molar-refractivity contribution in [3.05, 3.63) is 72.2 Å². The molecule has 0 aliphatic heterocycles. The number of aromatic nitrogens is 2. The molecule has 0 aliphatic carbocycles. The van der Waals surface area contributed by atoms with Crippen molar-refractivity contribution in [1.82, 2.24) is 9.38 Å². The summed E-state index contributed by atoms with van der Waals surface area (Å²) in [5.74, 6) is 0. The molecular weight excluding hydrogens is 296 g/mol. The van der Waals surface area contributed by atoms with Crippen LogP contribution in [0, 0.1) is 13.8 Å². The fourth-order valence-corrected chi connectivity index (χ4v) is 3.29. The third-order valence-electron chi connectivity index (χ3n) is 4.79. The standard InChI is InChI=1S/C21H16N2O/c1-13-9-19(22-11-14(13)2)17-7-3-6-16-18-12-23-8-4-5-15(23)10-20(18)24-21(16)17/h3-12H,1-2H3. The molecule has 0 aliphatic rings. The molecule has 1 aromatic carbocycles.